The first-order valence-electron chi connectivity index (χ1n) is 8.77. The van der Waals surface area contributed by atoms with Crippen LogP contribution in [0.1, 0.15) is 40.0 Å². The molecule has 2 N–H and O–H groups in total. The second-order valence-electron chi connectivity index (χ2n) is 6.90. The fourth-order valence-electron chi connectivity index (χ4n) is 2.60. The Morgan fingerprint density at radius 3 is 2.24 bits per heavy atom. The lowest BCUT2D eigenvalue weighted by molar-refractivity contribution is -0.244. The topological polar surface area (TPSA) is 89.4 Å². The van der Waals surface area contributed by atoms with Crippen LogP contribution in [0.2, 0.25) is 0 Å². The van der Waals surface area contributed by atoms with E-state index in [1.54, 1.807) is 7.11 Å². The molecule has 1 rings (SSSR count). The summed E-state index contributed by atoms with van der Waals surface area (Å²) in [6, 6.07) is 0. The van der Waals surface area contributed by atoms with Gasteiger partial charge in [0.05, 0.1) is 39.6 Å². The quantitative estimate of drug-likeness (QED) is 0.272. The Bertz CT molecular complexity index is 391. The fourth-order valence-corrected chi connectivity index (χ4v) is 2.60. The summed E-state index contributed by atoms with van der Waals surface area (Å²) in [6.07, 6.45) is 1.55. The van der Waals surface area contributed by atoms with Gasteiger partial charge in [0.25, 0.3) is 0 Å². The minimum Gasteiger partial charge on any atom is -0.463 e. The van der Waals surface area contributed by atoms with Crippen LogP contribution >= 0.6 is 0 Å². The van der Waals surface area contributed by atoms with E-state index >= 15 is 0 Å². The van der Waals surface area contributed by atoms with Crippen LogP contribution in [0.15, 0.2) is 0 Å². The molecule has 0 amide bonds. The van der Waals surface area contributed by atoms with Crippen LogP contribution < -0.4 is 0 Å². The molecular formula is C17H34NO7+. The summed E-state index contributed by atoms with van der Waals surface area (Å²) < 4.78 is 26.3. The molecule has 0 aliphatic carbocycles. The lowest BCUT2D eigenvalue weighted by atomic mass is 10.0. The summed E-state index contributed by atoms with van der Waals surface area (Å²) in [5, 5.41) is 9.66. The maximum Gasteiger partial charge on any atom is 0.305 e. The van der Waals surface area contributed by atoms with Crippen molar-refractivity contribution < 1.29 is 33.7 Å². The number of rotatable bonds is 13. The summed E-state index contributed by atoms with van der Waals surface area (Å²) in [4.78, 5) is 11.7. The summed E-state index contributed by atoms with van der Waals surface area (Å²) in [7, 11) is 1.62. The van der Waals surface area contributed by atoms with Crippen LogP contribution in [0.5, 0.6) is 0 Å². The molecule has 1 aliphatic heterocycles. The van der Waals surface area contributed by atoms with Crippen molar-refractivity contribution in [3.05, 3.63) is 0 Å². The van der Waals surface area contributed by atoms with Crippen LogP contribution in [0, 0.1) is 0 Å². The highest BCUT2D eigenvalue weighted by Gasteiger charge is 2.52. The van der Waals surface area contributed by atoms with E-state index in [1.807, 2.05) is 20.8 Å². The van der Waals surface area contributed by atoms with Crippen LogP contribution in [0.3, 0.4) is 0 Å². The molecular weight excluding hydrogens is 330 g/mol. The van der Waals surface area contributed by atoms with Crippen molar-refractivity contribution in [3.8, 4) is 0 Å². The highest BCUT2D eigenvalue weighted by Crippen LogP contribution is 2.36. The standard InChI is InChI=1S/C17H33NO7/c1-16(2)14-25-17(3,18(16)20)7-5-6-15(19)24-13-12-23-11-10-22-9-8-21-4/h20H,5-14H2,1-4H3/p+1. The largest absolute Gasteiger partial charge is 0.463 e. The van der Waals surface area contributed by atoms with Gasteiger partial charge in [0.2, 0.25) is 0 Å². The van der Waals surface area contributed by atoms with Gasteiger partial charge in [-0.1, -0.05) is 0 Å². The van der Waals surface area contributed by atoms with Gasteiger partial charge in [-0.3, -0.25) is 4.79 Å². The summed E-state index contributed by atoms with van der Waals surface area (Å²) in [6.45, 7) is 9.03. The third-order valence-corrected chi connectivity index (χ3v) is 4.13. The van der Waals surface area contributed by atoms with Crippen LogP contribution in [-0.2, 0) is 28.5 Å². The Hall–Kier alpha value is -0.770. The highest BCUT2D eigenvalue weighted by atomic mass is 16.6. The third kappa shape index (κ3) is 7.98. The maximum atomic E-state index is 11.7. The fraction of sp³-hybridized carbons (Fsp3) is 0.941. The Labute approximate surface area is 150 Å². The number of hydrogen-bond acceptors (Lipinski definition) is 7. The monoisotopic (exact) mass is 364 g/mol. The van der Waals surface area contributed by atoms with E-state index in [1.165, 1.54) is 5.06 Å². The molecule has 0 aromatic rings. The summed E-state index contributed by atoms with van der Waals surface area (Å²) >= 11 is 0. The molecule has 25 heavy (non-hydrogen) atoms. The second kappa shape index (κ2) is 11.1. The van der Waals surface area contributed by atoms with E-state index in [2.05, 4.69) is 0 Å². The van der Waals surface area contributed by atoms with Gasteiger partial charge in [-0.15, -0.1) is 0 Å². The van der Waals surface area contributed by atoms with Crippen molar-refractivity contribution in [2.24, 2.45) is 0 Å². The zero-order valence-corrected chi connectivity index (χ0v) is 16.0. The molecule has 0 bridgehead atoms. The average Bonchev–Trinajstić information content (AvgIpc) is 2.77. The van der Waals surface area contributed by atoms with Gasteiger partial charge in [-0.05, 0) is 38.7 Å². The number of carbonyl (C=O) groups is 1. The van der Waals surface area contributed by atoms with Crippen LogP contribution in [0.25, 0.3) is 0 Å². The Morgan fingerprint density at radius 1 is 1.08 bits per heavy atom. The molecule has 1 fully saturated rings. The Kier molecular flexibility index (Phi) is 9.84. The van der Waals surface area contributed by atoms with Crippen molar-refractivity contribution in [1.82, 2.24) is 5.06 Å². The normalized spacial score (nSPS) is 23.1. The first kappa shape index (κ1) is 22.3. The molecule has 0 saturated carbocycles. The van der Waals surface area contributed by atoms with E-state index in [-0.39, 0.29) is 18.1 Å². The number of nitrogens with zero attached hydrogens (tertiary/aromatic N) is 1. The minimum absolute atomic E-state index is 0.238. The molecule has 1 aliphatic rings. The molecule has 1 unspecified atom stereocenters. The van der Waals surface area contributed by atoms with Gasteiger partial charge in [0.1, 0.15) is 12.1 Å². The van der Waals surface area contributed by atoms with Crippen LogP contribution in [-0.4, -0.2) is 80.9 Å². The number of hydrogen-bond donors (Lipinski definition) is 0. The zero-order chi connectivity index (χ0) is 18.8. The molecule has 0 spiro atoms. The number of hydroxylamine groups is 2. The van der Waals surface area contributed by atoms with Crippen molar-refractivity contribution >= 4 is 5.97 Å². The number of carbonyl (C=O) groups excluding carboxylic acids is 1. The highest BCUT2D eigenvalue weighted by molar-refractivity contribution is 5.69. The lowest BCUT2D eigenvalue weighted by Crippen LogP contribution is -2.48. The molecule has 0 aromatic heterocycles. The van der Waals surface area contributed by atoms with Crippen LogP contribution in [0.4, 0.5) is 0 Å². The molecule has 1 heterocycles. The average molecular weight is 364 g/mol. The van der Waals surface area contributed by atoms with E-state index in [9.17, 15) is 4.79 Å². The first-order valence-corrected chi connectivity index (χ1v) is 8.77. The van der Waals surface area contributed by atoms with Gasteiger partial charge in [0, 0.05) is 13.5 Å². The molecule has 8 heteroatoms. The second-order valence-corrected chi connectivity index (χ2v) is 6.90. The molecule has 8 nitrogen and oxygen atoms in total. The summed E-state index contributed by atoms with van der Waals surface area (Å²) in [5.74, 6) is -0.252. The summed E-state index contributed by atoms with van der Waals surface area (Å²) in [5.41, 5.74) is -0.949. The zero-order valence-electron chi connectivity index (χ0n) is 16.0. The maximum absolute atomic E-state index is 11.7. The molecule has 0 radical (unpaired) electrons. The van der Waals surface area contributed by atoms with Gasteiger partial charge in [0.15, 0.2) is 5.72 Å². The molecule has 1 saturated heterocycles. The Balaban J connectivity index is 2.01. The van der Waals surface area contributed by atoms with Gasteiger partial charge < -0.3 is 28.9 Å². The van der Waals surface area contributed by atoms with Crippen molar-refractivity contribution in [2.45, 2.75) is 51.3 Å². The lowest BCUT2D eigenvalue weighted by Gasteiger charge is -2.29. The number of methoxy groups -OCH3 is 1. The van der Waals surface area contributed by atoms with E-state index in [4.69, 9.17) is 28.9 Å². The molecule has 0 aromatic carbocycles. The van der Waals surface area contributed by atoms with Crippen molar-refractivity contribution in [2.75, 3.05) is 53.4 Å². The smallest absolute Gasteiger partial charge is 0.305 e. The first-order chi connectivity index (χ1) is 11.8. The van der Waals surface area contributed by atoms with E-state index in [0.717, 1.165) is 0 Å². The number of ether oxygens (including phenoxy) is 5. The van der Waals surface area contributed by atoms with Crippen molar-refractivity contribution in [1.29, 1.82) is 0 Å². The van der Waals surface area contributed by atoms with E-state index < -0.39 is 5.72 Å². The van der Waals surface area contributed by atoms with Crippen molar-refractivity contribution in [3.63, 3.8) is 0 Å². The molecule has 148 valence electrons. The van der Waals surface area contributed by atoms with Gasteiger partial charge in [-0.25, -0.2) is 0 Å². The van der Waals surface area contributed by atoms with Gasteiger partial charge >= 0.3 is 5.97 Å². The predicted molar refractivity (Wildman–Crippen MR) is 92.2 cm³/mol. The van der Waals surface area contributed by atoms with Gasteiger partial charge in [-0.2, -0.15) is 0 Å². The SMILES string of the molecule is COCCOCCOCCOC(=O)CCCC1(C)OCC(C)(C)N1[OH2+]. The third-order valence-electron chi connectivity index (χ3n) is 4.13. The predicted octanol–water partition coefficient (Wildman–Crippen LogP) is 0.846. The minimum atomic E-state index is -0.643. The number of esters is 1. The van der Waals surface area contributed by atoms with E-state index in [0.29, 0.717) is 58.9 Å². The Morgan fingerprint density at radius 2 is 1.68 bits per heavy atom. The molecule has 1 atom stereocenters.